The van der Waals surface area contributed by atoms with E-state index >= 15 is 0 Å². The van der Waals surface area contributed by atoms with Gasteiger partial charge in [-0.2, -0.15) is 0 Å². The van der Waals surface area contributed by atoms with E-state index in [2.05, 4.69) is 5.32 Å². The topological polar surface area (TPSA) is 127 Å². The highest BCUT2D eigenvalue weighted by Crippen LogP contribution is 2.27. The van der Waals surface area contributed by atoms with Crippen LogP contribution in [-0.4, -0.2) is 69.1 Å². The van der Waals surface area contributed by atoms with Crippen molar-refractivity contribution in [2.45, 2.75) is 51.1 Å². The highest BCUT2D eigenvalue weighted by atomic mass is 16.5. The molecular weight excluding hydrogens is 390 g/mol. The summed E-state index contributed by atoms with van der Waals surface area (Å²) < 4.78 is 0. The fourth-order valence-electron chi connectivity index (χ4n) is 3.74. The van der Waals surface area contributed by atoms with Crippen LogP contribution in [0, 0.1) is 5.92 Å². The van der Waals surface area contributed by atoms with Crippen LogP contribution in [0.4, 0.5) is 0 Å². The molecule has 164 valence electrons. The molecule has 1 aromatic rings. The second-order valence-corrected chi connectivity index (χ2v) is 8.20. The van der Waals surface area contributed by atoms with E-state index in [9.17, 15) is 29.5 Å². The molecule has 9 heteroatoms. The maximum atomic E-state index is 13.0. The number of nitrogens with one attached hydrogen (secondary N) is 1. The van der Waals surface area contributed by atoms with Crippen molar-refractivity contribution in [2.75, 3.05) is 13.1 Å². The molecule has 1 saturated heterocycles. The minimum Gasteiger partial charge on any atom is -0.480 e. The first-order chi connectivity index (χ1) is 14.1. The van der Waals surface area contributed by atoms with Gasteiger partial charge in [0.2, 0.25) is 18.2 Å². The van der Waals surface area contributed by atoms with E-state index in [1.807, 2.05) is 44.2 Å². The van der Waals surface area contributed by atoms with Gasteiger partial charge >= 0.3 is 5.97 Å². The van der Waals surface area contributed by atoms with E-state index in [4.69, 9.17) is 0 Å². The summed E-state index contributed by atoms with van der Waals surface area (Å²) in [5.41, 5.74) is 0.204. The van der Waals surface area contributed by atoms with Gasteiger partial charge in [0.05, 0.1) is 12.5 Å². The largest absolute Gasteiger partial charge is 0.480 e. The van der Waals surface area contributed by atoms with Crippen LogP contribution in [0.1, 0.15) is 38.7 Å². The molecule has 2 unspecified atom stereocenters. The number of hydrogen-bond acceptors (Lipinski definition) is 5. The molecule has 0 aliphatic carbocycles. The number of hydroxylamine groups is 2. The Morgan fingerprint density at radius 2 is 2.00 bits per heavy atom. The van der Waals surface area contributed by atoms with Gasteiger partial charge in [-0.05, 0) is 45.1 Å². The number of carbonyl (C=O) groups excluding carboxylic acids is 3. The van der Waals surface area contributed by atoms with Crippen LogP contribution in [0.2, 0.25) is 0 Å². The van der Waals surface area contributed by atoms with Gasteiger partial charge in [0.1, 0.15) is 12.6 Å². The summed E-state index contributed by atoms with van der Waals surface area (Å²) in [5.74, 6) is -2.82. The summed E-state index contributed by atoms with van der Waals surface area (Å²) in [6.07, 6.45) is 2.13. The van der Waals surface area contributed by atoms with Crippen LogP contribution in [0.15, 0.2) is 30.3 Å². The predicted molar refractivity (Wildman–Crippen MR) is 107 cm³/mol. The van der Waals surface area contributed by atoms with Crippen molar-refractivity contribution >= 4 is 24.2 Å². The van der Waals surface area contributed by atoms with Crippen molar-refractivity contribution < 1.29 is 29.5 Å². The van der Waals surface area contributed by atoms with Gasteiger partial charge in [-0.1, -0.05) is 30.3 Å². The van der Waals surface area contributed by atoms with Crippen LogP contribution < -0.4 is 5.32 Å². The Bertz CT molecular complexity index is 767. The van der Waals surface area contributed by atoms with Gasteiger partial charge in [-0.25, -0.2) is 5.06 Å². The lowest BCUT2D eigenvalue weighted by Gasteiger charge is -2.37. The fraction of sp³-hybridized carbons (Fsp3) is 0.524. The molecule has 0 aromatic heterocycles. The molecule has 0 spiro atoms. The lowest BCUT2D eigenvalue weighted by atomic mass is 9.96. The zero-order chi connectivity index (χ0) is 22.3. The molecule has 3 amide bonds. The molecule has 30 heavy (non-hydrogen) atoms. The Morgan fingerprint density at radius 3 is 2.60 bits per heavy atom. The van der Waals surface area contributed by atoms with E-state index in [1.165, 1.54) is 4.90 Å². The van der Waals surface area contributed by atoms with E-state index in [0.717, 1.165) is 5.56 Å². The number of aliphatic carboxylic acids is 1. The third kappa shape index (κ3) is 6.28. The van der Waals surface area contributed by atoms with Gasteiger partial charge < -0.3 is 15.3 Å². The molecule has 0 saturated carbocycles. The third-order valence-corrected chi connectivity index (χ3v) is 5.41. The first-order valence-electron chi connectivity index (χ1n) is 9.92. The summed E-state index contributed by atoms with van der Waals surface area (Å²) in [7, 11) is 0. The van der Waals surface area contributed by atoms with Crippen LogP contribution in [0.3, 0.4) is 0 Å². The summed E-state index contributed by atoms with van der Waals surface area (Å²) in [6.45, 7) is 2.95. The van der Waals surface area contributed by atoms with Gasteiger partial charge in [-0.3, -0.25) is 24.4 Å². The number of carboxylic acid groups (broad SMARTS) is 1. The number of carboxylic acids is 1. The van der Waals surface area contributed by atoms with Crippen molar-refractivity contribution in [2.24, 2.45) is 5.92 Å². The first kappa shape index (κ1) is 23.3. The molecule has 1 fully saturated rings. The number of likely N-dealkylation sites (tertiary alicyclic amines) is 1. The summed E-state index contributed by atoms with van der Waals surface area (Å²) >= 11 is 0. The number of nitrogens with zero attached hydrogens (tertiary/aromatic N) is 2. The predicted octanol–water partition coefficient (Wildman–Crippen LogP) is 1.05. The summed E-state index contributed by atoms with van der Waals surface area (Å²) in [6, 6.07) is 8.28. The maximum absolute atomic E-state index is 13.0. The van der Waals surface area contributed by atoms with Crippen molar-refractivity contribution in [1.29, 1.82) is 0 Å². The Hall–Kier alpha value is -2.94. The van der Waals surface area contributed by atoms with E-state index < -0.39 is 41.8 Å². The van der Waals surface area contributed by atoms with Crippen LogP contribution in [0.25, 0.3) is 0 Å². The fourth-order valence-corrected chi connectivity index (χ4v) is 3.74. The lowest BCUT2D eigenvalue weighted by Crippen LogP contribution is -2.56. The molecule has 2 atom stereocenters. The Labute approximate surface area is 175 Å². The highest BCUT2D eigenvalue weighted by Gasteiger charge is 2.39. The van der Waals surface area contributed by atoms with Gasteiger partial charge in [-0.15, -0.1) is 0 Å². The smallest absolute Gasteiger partial charge is 0.323 e. The van der Waals surface area contributed by atoms with Crippen LogP contribution >= 0.6 is 0 Å². The average molecular weight is 419 g/mol. The standard InChI is InChI=1S/C21H29N3O6/c1-21(2)10-6-9-17(20(29)24(21)13-18(26)27)22-19(28)16(12-23(30)14-25)11-15-7-4-3-5-8-15/h3-5,7-8,14,16-17,30H,6,9-13H2,1-2H3,(H,22,28)(H,26,27). The number of benzene rings is 1. The molecule has 9 nitrogen and oxygen atoms in total. The second-order valence-electron chi connectivity index (χ2n) is 8.20. The lowest BCUT2D eigenvalue weighted by molar-refractivity contribution is -0.155. The Balaban J connectivity index is 2.18. The number of carbonyl (C=O) groups is 4. The minimum absolute atomic E-state index is 0.221. The maximum Gasteiger partial charge on any atom is 0.323 e. The molecule has 1 aliphatic rings. The SMILES string of the molecule is CC1(C)CCCC(NC(=O)C(Cc2ccccc2)CN(O)C=O)C(=O)N1CC(=O)O. The van der Waals surface area contributed by atoms with Crippen LogP contribution in [0.5, 0.6) is 0 Å². The van der Waals surface area contributed by atoms with E-state index in [1.54, 1.807) is 0 Å². The molecular formula is C21H29N3O6. The van der Waals surface area contributed by atoms with E-state index in [-0.39, 0.29) is 19.4 Å². The monoisotopic (exact) mass is 419 g/mol. The molecule has 1 aromatic carbocycles. The third-order valence-electron chi connectivity index (χ3n) is 5.41. The van der Waals surface area contributed by atoms with Crippen molar-refractivity contribution in [3.8, 4) is 0 Å². The van der Waals surface area contributed by atoms with Crippen molar-refractivity contribution in [3.05, 3.63) is 35.9 Å². The van der Waals surface area contributed by atoms with Gasteiger partial charge in [0, 0.05) is 5.54 Å². The molecule has 2 rings (SSSR count). The Morgan fingerprint density at radius 1 is 1.33 bits per heavy atom. The minimum atomic E-state index is -1.12. The highest BCUT2D eigenvalue weighted by molar-refractivity contribution is 5.91. The zero-order valence-corrected chi connectivity index (χ0v) is 17.3. The number of amides is 3. The summed E-state index contributed by atoms with van der Waals surface area (Å²) in [5, 5.41) is 21.9. The average Bonchev–Trinajstić information content (AvgIpc) is 2.79. The quantitative estimate of drug-likeness (QED) is 0.312. The molecule has 0 bridgehead atoms. The molecule has 0 radical (unpaired) electrons. The zero-order valence-electron chi connectivity index (χ0n) is 17.3. The first-order valence-corrected chi connectivity index (χ1v) is 9.92. The Kier molecular flexibility index (Phi) is 7.93. The van der Waals surface area contributed by atoms with Crippen molar-refractivity contribution in [1.82, 2.24) is 15.3 Å². The van der Waals surface area contributed by atoms with Crippen LogP contribution in [-0.2, 0) is 25.6 Å². The van der Waals surface area contributed by atoms with Gasteiger partial charge in [0.15, 0.2) is 0 Å². The molecule has 1 heterocycles. The second kappa shape index (κ2) is 10.2. The normalized spacial score (nSPS) is 19.5. The summed E-state index contributed by atoms with van der Waals surface area (Å²) in [4.78, 5) is 49.4. The molecule has 1 aliphatic heterocycles. The number of hydrogen-bond donors (Lipinski definition) is 3. The van der Waals surface area contributed by atoms with Crippen molar-refractivity contribution in [3.63, 3.8) is 0 Å². The number of rotatable bonds is 9. The van der Waals surface area contributed by atoms with Gasteiger partial charge in [0.25, 0.3) is 0 Å². The van der Waals surface area contributed by atoms with E-state index in [0.29, 0.717) is 24.3 Å². The molecule has 3 N–H and O–H groups in total.